The largest absolute Gasteiger partial charge is 0.444 e. The first-order valence-electron chi connectivity index (χ1n) is 7.77. The monoisotopic (exact) mass is 347 g/mol. The van der Waals surface area contributed by atoms with E-state index in [1.165, 1.54) is 0 Å². The van der Waals surface area contributed by atoms with Gasteiger partial charge in [0.25, 0.3) is 0 Å². The molecular weight excluding hydrogens is 322 g/mol. The van der Waals surface area contributed by atoms with Crippen LogP contribution in [0.3, 0.4) is 0 Å². The third kappa shape index (κ3) is 7.07. The van der Waals surface area contributed by atoms with Crippen molar-refractivity contribution in [2.45, 2.75) is 45.1 Å². The molecule has 1 aliphatic heterocycles. The Kier molecular flexibility index (Phi) is 7.12. The lowest BCUT2D eigenvalue weighted by molar-refractivity contribution is -0.139. The van der Waals surface area contributed by atoms with E-state index in [-0.39, 0.29) is 24.8 Å². The van der Waals surface area contributed by atoms with Crippen LogP contribution in [-0.4, -0.2) is 71.4 Å². The van der Waals surface area contributed by atoms with Crippen molar-refractivity contribution in [2.75, 3.05) is 32.7 Å². The fraction of sp³-hybridized carbons (Fsp3) is 0.800. The maximum absolute atomic E-state index is 12.1. The van der Waals surface area contributed by atoms with Crippen LogP contribution in [0.4, 0.5) is 4.79 Å². The second-order valence-electron chi connectivity index (χ2n) is 6.50. The third-order valence-corrected chi connectivity index (χ3v) is 3.48. The summed E-state index contributed by atoms with van der Waals surface area (Å²) in [4.78, 5) is 38.7. The Bertz CT molecular complexity index is 440. The molecule has 0 aromatic carbocycles. The van der Waals surface area contributed by atoms with Crippen LogP contribution in [0.25, 0.3) is 0 Å². The number of carbonyl (C=O) groups is 3. The van der Waals surface area contributed by atoms with Gasteiger partial charge in [-0.05, 0) is 27.7 Å². The summed E-state index contributed by atoms with van der Waals surface area (Å²) in [5.74, 6) is -0.155. The summed E-state index contributed by atoms with van der Waals surface area (Å²) in [5.41, 5.74) is -0.559. The minimum atomic E-state index is -0.559. The lowest BCUT2D eigenvalue weighted by atomic mass is 10.2. The van der Waals surface area contributed by atoms with Gasteiger partial charge in [0.05, 0.1) is 0 Å². The quantitative estimate of drug-likeness (QED) is 0.775. The molecule has 1 aliphatic rings. The van der Waals surface area contributed by atoms with Crippen molar-refractivity contribution < 1.29 is 19.1 Å². The fourth-order valence-electron chi connectivity index (χ4n) is 2.17. The number of nitrogens with one attached hydrogen (secondary N) is 1. The summed E-state index contributed by atoms with van der Waals surface area (Å²) in [6, 6.07) is 0. The zero-order chi connectivity index (χ0) is 17.6. The number of nitrogens with zero attached hydrogens (tertiary/aromatic N) is 2. The highest BCUT2D eigenvalue weighted by Crippen LogP contribution is 2.09. The predicted octanol–water partition coefficient (Wildman–Crippen LogP) is 1.20. The Morgan fingerprint density at radius 2 is 1.65 bits per heavy atom. The summed E-state index contributed by atoms with van der Waals surface area (Å²) in [6.45, 7) is 9.15. The van der Waals surface area contributed by atoms with Gasteiger partial charge in [-0.2, -0.15) is 0 Å². The van der Waals surface area contributed by atoms with E-state index in [4.69, 9.17) is 16.3 Å². The van der Waals surface area contributed by atoms with Crippen LogP contribution in [-0.2, 0) is 14.3 Å². The first-order chi connectivity index (χ1) is 10.6. The van der Waals surface area contributed by atoms with Crippen LogP contribution in [0.1, 0.15) is 34.1 Å². The van der Waals surface area contributed by atoms with Crippen molar-refractivity contribution >= 4 is 29.5 Å². The normalized spacial score (nSPS) is 16.7. The molecule has 0 aromatic heterocycles. The average Bonchev–Trinajstić information content (AvgIpc) is 2.44. The van der Waals surface area contributed by atoms with Gasteiger partial charge >= 0.3 is 6.09 Å². The van der Waals surface area contributed by atoms with E-state index in [2.05, 4.69) is 5.32 Å². The summed E-state index contributed by atoms with van der Waals surface area (Å²) in [5, 5.41) is 2.01. The van der Waals surface area contributed by atoms with Crippen LogP contribution in [0.5, 0.6) is 0 Å². The molecule has 0 saturated carbocycles. The van der Waals surface area contributed by atoms with Gasteiger partial charge in [0, 0.05) is 39.1 Å². The van der Waals surface area contributed by atoms with E-state index < -0.39 is 17.1 Å². The van der Waals surface area contributed by atoms with Gasteiger partial charge in [0.1, 0.15) is 11.0 Å². The number of piperazine rings is 1. The number of rotatable bonds is 4. The lowest BCUT2D eigenvalue weighted by Crippen LogP contribution is -2.52. The minimum Gasteiger partial charge on any atom is -0.444 e. The number of alkyl carbamates (subject to hydrolysis) is 1. The second-order valence-corrected chi connectivity index (χ2v) is 7.16. The molecule has 3 amide bonds. The Morgan fingerprint density at radius 3 is 2.13 bits per heavy atom. The number of carbonyl (C=O) groups excluding carboxylic acids is 3. The van der Waals surface area contributed by atoms with Crippen LogP contribution in [0.2, 0.25) is 0 Å². The van der Waals surface area contributed by atoms with E-state index in [0.717, 1.165) is 0 Å². The zero-order valence-corrected chi connectivity index (χ0v) is 15.0. The highest BCUT2D eigenvalue weighted by Gasteiger charge is 2.26. The van der Waals surface area contributed by atoms with E-state index in [9.17, 15) is 14.4 Å². The molecule has 23 heavy (non-hydrogen) atoms. The van der Waals surface area contributed by atoms with Crippen LogP contribution >= 0.6 is 11.6 Å². The highest BCUT2D eigenvalue weighted by molar-refractivity contribution is 6.30. The van der Waals surface area contributed by atoms with Gasteiger partial charge in [-0.25, -0.2) is 4.79 Å². The summed E-state index contributed by atoms with van der Waals surface area (Å²) in [7, 11) is 0. The molecule has 0 aromatic rings. The van der Waals surface area contributed by atoms with E-state index >= 15 is 0 Å². The summed E-state index contributed by atoms with van der Waals surface area (Å²) < 4.78 is 5.10. The Morgan fingerprint density at radius 1 is 1.13 bits per heavy atom. The first-order valence-corrected chi connectivity index (χ1v) is 8.21. The molecule has 0 radical (unpaired) electrons. The molecule has 1 heterocycles. The van der Waals surface area contributed by atoms with E-state index in [1.54, 1.807) is 37.5 Å². The van der Waals surface area contributed by atoms with Crippen molar-refractivity contribution in [2.24, 2.45) is 0 Å². The van der Waals surface area contributed by atoms with Crippen LogP contribution in [0.15, 0.2) is 0 Å². The molecule has 0 bridgehead atoms. The molecule has 1 atom stereocenters. The van der Waals surface area contributed by atoms with Crippen LogP contribution < -0.4 is 5.32 Å². The van der Waals surface area contributed by atoms with Crippen LogP contribution in [0, 0.1) is 0 Å². The van der Waals surface area contributed by atoms with Crippen molar-refractivity contribution in [3.8, 4) is 0 Å². The number of alkyl halides is 1. The number of halogens is 1. The number of ether oxygens (including phenoxy) is 1. The second kappa shape index (κ2) is 8.38. The first kappa shape index (κ1) is 19.5. The predicted molar refractivity (Wildman–Crippen MR) is 87.3 cm³/mol. The van der Waals surface area contributed by atoms with Gasteiger partial charge in [-0.15, -0.1) is 11.6 Å². The van der Waals surface area contributed by atoms with E-state index in [0.29, 0.717) is 26.2 Å². The Labute approximate surface area is 142 Å². The summed E-state index contributed by atoms with van der Waals surface area (Å²) in [6.07, 6.45) is -0.323. The molecule has 1 fully saturated rings. The molecule has 1 N–H and O–H groups in total. The number of hydrogen-bond donors (Lipinski definition) is 1. The van der Waals surface area contributed by atoms with Gasteiger partial charge in [0.15, 0.2) is 0 Å². The standard InChI is InChI=1S/C15H26ClN3O4/c1-11(16)13(21)19-9-7-18(8-10-19)12(20)5-6-17-14(22)23-15(2,3)4/h11H,5-10H2,1-4H3,(H,17,22). The van der Waals surface area contributed by atoms with Gasteiger partial charge in [-0.1, -0.05) is 0 Å². The highest BCUT2D eigenvalue weighted by atomic mass is 35.5. The van der Waals surface area contributed by atoms with Crippen molar-refractivity contribution in [1.82, 2.24) is 15.1 Å². The molecule has 1 rings (SSSR count). The molecule has 1 saturated heterocycles. The minimum absolute atomic E-state index is 0.0490. The van der Waals surface area contributed by atoms with Crippen molar-refractivity contribution in [1.29, 1.82) is 0 Å². The molecule has 1 unspecified atom stereocenters. The molecule has 8 heteroatoms. The zero-order valence-electron chi connectivity index (χ0n) is 14.2. The SMILES string of the molecule is CC(Cl)C(=O)N1CCN(C(=O)CCNC(=O)OC(C)(C)C)CC1. The molecule has 0 aliphatic carbocycles. The number of amides is 3. The van der Waals surface area contributed by atoms with Crippen molar-refractivity contribution in [3.05, 3.63) is 0 Å². The molecular formula is C15H26ClN3O4. The van der Waals surface area contributed by atoms with E-state index in [1.807, 2.05) is 0 Å². The molecule has 132 valence electrons. The fourth-order valence-corrected chi connectivity index (χ4v) is 2.31. The summed E-state index contributed by atoms with van der Waals surface area (Å²) >= 11 is 5.78. The maximum Gasteiger partial charge on any atom is 0.407 e. The Balaban J connectivity index is 2.27. The van der Waals surface area contributed by atoms with Crippen molar-refractivity contribution in [3.63, 3.8) is 0 Å². The van der Waals surface area contributed by atoms with Gasteiger partial charge < -0.3 is 19.9 Å². The van der Waals surface area contributed by atoms with Gasteiger partial charge in [-0.3, -0.25) is 9.59 Å². The maximum atomic E-state index is 12.1. The lowest BCUT2D eigenvalue weighted by Gasteiger charge is -2.35. The average molecular weight is 348 g/mol. The topological polar surface area (TPSA) is 79.0 Å². The Hall–Kier alpha value is -1.50. The molecule has 0 spiro atoms. The van der Waals surface area contributed by atoms with Gasteiger partial charge in [0.2, 0.25) is 11.8 Å². The number of hydrogen-bond acceptors (Lipinski definition) is 4. The third-order valence-electron chi connectivity index (χ3n) is 3.29. The molecule has 7 nitrogen and oxygen atoms in total. The smallest absolute Gasteiger partial charge is 0.407 e.